The van der Waals surface area contributed by atoms with E-state index in [1.807, 2.05) is 36.4 Å². The van der Waals surface area contributed by atoms with Gasteiger partial charge >= 0.3 is 0 Å². The molecule has 1 saturated heterocycles. The minimum absolute atomic E-state index is 0.214. The number of halogens is 1. The largest absolute Gasteiger partial charge is 0.504 e. The molecule has 2 N–H and O–H groups in total. The summed E-state index contributed by atoms with van der Waals surface area (Å²) in [5.74, 6) is -0.848. The minimum Gasteiger partial charge on any atom is -0.504 e. The minimum atomic E-state index is -0.937. The molecule has 8 heteroatoms. The van der Waals surface area contributed by atoms with Crippen LogP contribution in [0.5, 0.6) is 11.5 Å². The molecule has 0 aliphatic carbocycles. The number of nitro groups is 1. The van der Waals surface area contributed by atoms with Crippen LogP contribution in [-0.2, 0) is 6.54 Å². The Morgan fingerprint density at radius 2 is 1.94 bits per heavy atom. The Morgan fingerprint density at radius 3 is 2.61 bits per heavy atom. The first-order chi connectivity index (χ1) is 15.0. The Hall–Kier alpha value is -2.97. The highest BCUT2D eigenvalue weighted by Gasteiger charge is 2.48. The quantitative estimate of drug-likeness (QED) is 0.311. The van der Waals surface area contributed by atoms with Gasteiger partial charge in [-0.05, 0) is 47.4 Å². The molecule has 3 atom stereocenters. The van der Waals surface area contributed by atoms with Crippen LogP contribution in [0.25, 0.3) is 0 Å². The summed E-state index contributed by atoms with van der Waals surface area (Å²) >= 11 is 3.56. The fraction of sp³-hybridized carbons (Fsp3) is 0.261. The molecule has 0 bridgehead atoms. The molecule has 0 radical (unpaired) electrons. The molecule has 7 nitrogen and oxygen atoms in total. The molecule has 4 rings (SSSR count). The second-order valence-corrected chi connectivity index (χ2v) is 8.57. The van der Waals surface area contributed by atoms with E-state index in [2.05, 4.69) is 25.8 Å². The average Bonchev–Trinajstić information content (AvgIpc) is 2.76. The predicted octanol–water partition coefficient (Wildman–Crippen LogP) is 4.63. The zero-order chi connectivity index (χ0) is 22.0. The highest BCUT2D eigenvalue weighted by molar-refractivity contribution is 9.10. The number of benzene rings is 2. The Labute approximate surface area is 188 Å². The Bertz CT molecular complexity index is 1080. The van der Waals surface area contributed by atoms with Crippen LogP contribution in [0.15, 0.2) is 71.5 Å². The van der Waals surface area contributed by atoms with Crippen molar-refractivity contribution in [2.75, 3.05) is 6.54 Å². The van der Waals surface area contributed by atoms with Gasteiger partial charge in [0.05, 0.1) is 5.92 Å². The first-order valence-electron chi connectivity index (χ1n) is 9.98. The molecule has 1 aliphatic rings. The van der Waals surface area contributed by atoms with Gasteiger partial charge in [-0.2, -0.15) is 0 Å². The number of nitrogens with zero attached hydrogens (tertiary/aromatic N) is 3. The Morgan fingerprint density at radius 1 is 1.13 bits per heavy atom. The summed E-state index contributed by atoms with van der Waals surface area (Å²) in [7, 11) is 0. The zero-order valence-corrected chi connectivity index (χ0v) is 18.2. The van der Waals surface area contributed by atoms with Crippen molar-refractivity contribution >= 4 is 15.9 Å². The van der Waals surface area contributed by atoms with E-state index in [9.17, 15) is 20.3 Å². The van der Waals surface area contributed by atoms with Crippen molar-refractivity contribution in [3.05, 3.63) is 98.3 Å². The number of rotatable bonds is 5. The van der Waals surface area contributed by atoms with Crippen molar-refractivity contribution in [3.63, 3.8) is 0 Å². The van der Waals surface area contributed by atoms with Crippen molar-refractivity contribution in [1.82, 2.24) is 9.88 Å². The number of likely N-dealkylation sites (tertiary alicyclic amines) is 1. The molecular weight excluding hydrogens is 462 g/mol. The number of pyridine rings is 1. The number of piperidine rings is 1. The molecule has 31 heavy (non-hydrogen) atoms. The lowest BCUT2D eigenvalue weighted by Crippen LogP contribution is -2.48. The van der Waals surface area contributed by atoms with Gasteiger partial charge in [-0.15, -0.1) is 0 Å². The number of phenolic OH excluding ortho intramolecular Hbond substituents is 2. The standard InChI is InChI=1S/C23H22BrN3O4/c24-19-6-2-1-5-17(19)18-9-11-26(14-15-4-3-10-25-13-15)22(23(18)27(30)31)16-7-8-20(28)21(29)12-16/h1-8,10,12-13,18,22-23,28-29H,9,11,14H2/t18-,22?,23?/m0/s1. The van der Waals surface area contributed by atoms with E-state index in [0.717, 1.165) is 15.6 Å². The summed E-state index contributed by atoms with van der Waals surface area (Å²) in [5, 5.41) is 32.3. The second kappa shape index (κ2) is 9.03. The lowest BCUT2D eigenvalue weighted by molar-refractivity contribution is -0.540. The highest BCUT2D eigenvalue weighted by Crippen LogP contribution is 2.44. The predicted molar refractivity (Wildman–Crippen MR) is 119 cm³/mol. The third kappa shape index (κ3) is 4.40. The van der Waals surface area contributed by atoms with E-state index in [1.54, 1.807) is 18.5 Å². The second-order valence-electron chi connectivity index (χ2n) is 7.72. The normalized spacial score (nSPS) is 21.6. The Balaban J connectivity index is 1.80. The van der Waals surface area contributed by atoms with Crippen LogP contribution >= 0.6 is 15.9 Å². The number of hydrogen-bond acceptors (Lipinski definition) is 6. The fourth-order valence-corrected chi connectivity index (χ4v) is 5.04. The number of aromatic hydroxyl groups is 2. The van der Waals surface area contributed by atoms with E-state index >= 15 is 0 Å². The van der Waals surface area contributed by atoms with Gasteiger partial charge in [-0.3, -0.25) is 20.0 Å². The lowest BCUT2D eigenvalue weighted by Gasteiger charge is -2.41. The summed E-state index contributed by atoms with van der Waals surface area (Å²) in [4.78, 5) is 18.4. The lowest BCUT2D eigenvalue weighted by atomic mass is 9.78. The van der Waals surface area contributed by atoms with Gasteiger partial charge in [0.2, 0.25) is 6.04 Å². The maximum absolute atomic E-state index is 12.4. The van der Waals surface area contributed by atoms with Crippen LogP contribution < -0.4 is 0 Å². The number of aromatic nitrogens is 1. The van der Waals surface area contributed by atoms with Crippen molar-refractivity contribution < 1.29 is 15.1 Å². The Kier molecular flexibility index (Phi) is 6.20. The molecule has 0 spiro atoms. The molecule has 1 fully saturated rings. The smallest absolute Gasteiger partial charge is 0.239 e. The third-order valence-corrected chi connectivity index (χ3v) is 6.58. The van der Waals surface area contributed by atoms with Crippen LogP contribution in [0.1, 0.15) is 35.1 Å². The molecular formula is C23H22BrN3O4. The van der Waals surface area contributed by atoms with Crippen molar-refractivity contribution in [2.45, 2.75) is 31.0 Å². The van der Waals surface area contributed by atoms with Gasteiger partial charge in [0, 0.05) is 34.9 Å². The van der Waals surface area contributed by atoms with Gasteiger partial charge in [0.1, 0.15) is 6.04 Å². The van der Waals surface area contributed by atoms with E-state index in [-0.39, 0.29) is 22.3 Å². The molecule has 0 saturated carbocycles. The van der Waals surface area contributed by atoms with E-state index in [4.69, 9.17) is 0 Å². The van der Waals surface area contributed by atoms with Gasteiger partial charge in [-0.1, -0.05) is 46.3 Å². The van der Waals surface area contributed by atoms with Crippen LogP contribution in [0.3, 0.4) is 0 Å². The van der Waals surface area contributed by atoms with Crippen LogP contribution in [-0.4, -0.2) is 37.6 Å². The van der Waals surface area contributed by atoms with E-state index in [0.29, 0.717) is 25.1 Å². The summed E-state index contributed by atoms with van der Waals surface area (Å²) in [5.41, 5.74) is 2.45. The SMILES string of the molecule is O=[N+]([O-])C1C(c2ccc(O)c(O)c2)N(Cc2cccnc2)CC[C@H]1c1ccccc1Br. The summed E-state index contributed by atoms with van der Waals surface area (Å²) in [6, 6.07) is 14.3. The van der Waals surface area contributed by atoms with Gasteiger partial charge in [0.15, 0.2) is 11.5 Å². The molecule has 1 aliphatic heterocycles. The molecule has 2 heterocycles. The number of hydrogen-bond donors (Lipinski definition) is 2. The number of phenols is 2. The maximum Gasteiger partial charge on any atom is 0.239 e. The topological polar surface area (TPSA) is 99.7 Å². The van der Waals surface area contributed by atoms with Crippen LogP contribution in [0.4, 0.5) is 0 Å². The molecule has 2 aromatic carbocycles. The molecule has 0 amide bonds. The summed E-state index contributed by atoms with van der Waals surface area (Å²) in [6.07, 6.45) is 4.07. The van der Waals surface area contributed by atoms with E-state index < -0.39 is 12.1 Å². The third-order valence-electron chi connectivity index (χ3n) is 5.85. The fourth-order valence-electron chi connectivity index (χ4n) is 4.46. The average molecular weight is 484 g/mol. The molecule has 3 aromatic rings. The van der Waals surface area contributed by atoms with Gasteiger partial charge < -0.3 is 10.2 Å². The summed E-state index contributed by atoms with van der Waals surface area (Å²) < 4.78 is 0.847. The van der Waals surface area contributed by atoms with Crippen molar-refractivity contribution in [1.29, 1.82) is 0 Å². The van der Waals surface area contributed by atoms with Crippen molar-refractivity contribution in [2.24, 2.45) is 0 Å². The zero-order valence-electron chi connectivity index (χ0n) is 16.6. The van der Waals surface area contributed by atoms with Gasteiger partial charge in [0.25, 0.3) is 0 Å². The van der Waals surface area contributed by atoms with Gasteiger partial charge in [-0.25, -0.2) is 0 Å². The van der Waals surface area contributed by atoms with Crippen LogP contribution in [0, 0.1) is 10.1 Å². The maximum atomic E-state index is 12.4. The monoisotopic (exact) mass is 483 g/mol. The van der Waals surface area contributed by atoms with E-state index in [1.165, 1.54) is 12.1 Å². The first kappa shape index (κ1) is 21.3. The first-order valence-corrected chi connectivity index (χ1v) is 10.8. The molecule has 160 valence electrons. The van der Waals surface area contributed by atoms with Crippen LogP contribution in [0.2, 0.25) is 0 Å². The summed E-state index contributed by atoms with van der Waals surface area (Å²) in [6.45, 7) is 1.13. The molecule has 2 unspecified atom stereocenters. The highest BCUT2D eigenvalue weighted by atomic mass is 79.9. The van der Waals surface area contributed by atoms with Crippen molar-refractivity contribution in [3.8, 4) is 11.5 Å². The molecule has 1 aromatic heterocycles.